The van der Waals surface area contributed by atoms with E-state index in [-0.39, 0.29) is 0 Å². The van der Waals surface area contributed by atoms with Crippen LogP contribution in [-0.4, -0.2) is 6.61 Å². The zero-order chi connectivity index (χ0) is 12.5. The molecule has 0 unspecified atom stereocenters. The third-order valence-corrected chi connectivity index (χ3v) is 3.43. The molecule has 2 N–H and O–H groups in total. The van der Waals surface area contributed by atoms with Crippen molar-refractivity contribution in [3.63, 3.8) is 0 Å². The molecule has 0 saturated carbocycles. The van der Waals surface area contributed by atoms with E-state index in [4.69, 9.17) is 10.5 Å². The number of fused-ring (bicyclic) bond motifs is 1. The van der Waals surface area contributed by atoms with Crippen LogP contribution in [0.15, 0.2) is 36.4 Å². The van der Waals surface area contributed by atoms with Crippen LogP contribution in [0.25, 0.3) is 11.1 Å². The first-order valence-corrected chi connectivity index (χ1v) is 6.33. The van der Waals surface area contributed by atoms with E-state index in [1.165, 1.54) is 22.3 Å². The van der Waals surface area contributed by atoms with E-state index in [0.29, 0.717) is 6.54 Å². The summed E-state index contributed by atoms with van der Waals surface area (Å²) >= 11 is 0. The van der Waals surface area contributed by atoms with Gasteiger partial charge in [-0.3, -0.25) is 0 Å². The summed E-state index contributed by atoms with van der Waals surface area (Å²) in [4.78, 5) is 0. The Morgan fingerprint density at radius 2 is 2.06 bits per heavy atom. The molecule has 0 aliphatic carbocycles. The third-order valence-electron chi connectivity index (χ3n) is 3.43. The zero-order valence-electron chi connectivity index (χ0n) is 10.6. The van der Waals surface area contributed by atoms with Crippen LogP contribution in [0.3, 0.4) is 0 Å². The molecule has 0 bridgehead atoms. The maximum absolute atomic E-state index is 5.82. The van der Waals surface area contributed by atoms with Crippen molar-refractivity contribution in [2.24, 2.45) is 5.73 Å². The lowest BCUT2D eigenvalue weighted by Gasteiger charge is -2.10. The fourth-order valence-electron chi connectivity index (χ4n) is 2.53. The lowest BCUT2D eigenvalue weighted by molar-refractivity contribution is 0.353. The molecule has 2 heteroatoms. The van der Waals surface area contributed by atoms with Gasteiger partial charge in [0, 0.05) is 18.5 Å². The Bertz CT molecular complexity index is 590. The molecule has 3 rings (SSSR count). The maximum Gasteiger partial charge on any atom is 0.127 e. The summed E-state index contributed by atoms with van der Waals surface area (Å²) in [6, 6.07) is 12.9. The van der Waals surface area contributed by atoms with Crippen molar-refractivity contribution >= 4 is 0 Å². The van der Waals surface area contributed by atoms with Gasteiger partial charge in [0.25, 0.3) is 0 Å². The van der Waals surface area contributed by atoms with E-state index in [2.05, 4.69) is 43.3 Å². The molecule has 0 atom stereocenters. The quantitative estimate of drug-likeness (QED) is 0.874. The minimum Gasteiger partial charge on any atom is -0.493 e. The van der Waals surface area contributed by atoms with Gasteiger partial charge in [0.1, 0.15) is 5.75 Å². The second-order valence-corrected chi connectivity index (χ2v) is 4.80. The summed E-state index contributed by atoms with van der Waals surface area (Å²) in [6.45, 7) is 3.42. The second-order valence-electron chi connectivity index (χ2n) is 4.80. The van der Waals surface area contributed by atoms with Crippen LogP contribution in [0, 0.1) is 6.92 Å². The van der Waals surface area contributed by atoms with E-state index in [0.717, 1.165) is 24.3 Å². The Morgan fingerprint density at radius 3 is 2.83 bits per heavy atom. The van der Waals surface area contributed by atoms with Gasteiger partial charge >= 0.3 is 0 Å². The fourth-order valence-corrected chi connectivity index (χ4v) is 2.53. The Balaban J connectivity index is 2.13. The average molecular weight is 239 g/mol. The number of rotatable bonds is 2. The average Bonchev–Trinajstić information content (AvgIpc) is 2.85. The summed E-state index contributed by atoms with van der Waals surface area (Å²) in [7, 11) is 0. The van der Waals surface area contributed by atoms with E-state index in [1.807, 2.05) is 0 Å². The number of ether oxygens (including phenoxy) is 1. The smallest absolute Gasteiger partial charge is 0.127 e. The minimum absolute atomic E-state index is 0.530. The van der Waals surface area contributed by atoms with Gasteiger partial charge < -0.3 is 10.5 Å². The Hall–Kier alpha value is -1.80. The Labute approximate surface area is 107 Å². The van der Waals surface area contributed by atoms with Crippen LogP contribution in [-0.2, 0) is 13.0 Å². The number of nitrogens with two attached hydrogens (primary N) is 1. The second kappa shape index (κ2) is 4.46. The van der Waals surface area contributed by atoms with Crippen LogP contribution in [0.2, 0.25) is 0 Å². The van der Waals surface area contributed by atoms with Crippen LogP contribution < -0.4 is 10.5 Å². The molecule has 1 aliphatic rings. The van der Waals surface area contributed by atoms with E-state index < -0.39 is 0 Å². The normalized spacial score (nSPS) is 13.2. The van der Waals surface area contributed by atoms with E-state index in [1.54, 1.807) is 0 Å². The van der Waals surface area contributed by atoms with Gasteiger partial charge in [-0.25, -0.2) is 0 Å². The third kappa shape index (κ3) is 1.89. The molecule has 2 nitrogen and oxygen atoms in total. The molecule has 0 aromatic heterocycles. The van der Waals surface area contributed by atoms with Gasteiger partial charge in [0.05, 0.1) is 6.61 Å². The molecule has 0 spiro atoms. The van der Waals surface area contributed by atoms with Crippen LogP contribution in [0.5, 0.6) is 5.75 Å². The van der Waals surface area contributed by atoms with Gasteiger partial charge in [-0.1, -0.05) is 29.8 Å². The van der Waals surface area contributed by atoms with Gasteiger partial charge in [-0.2, -0.15) is 0 Å². The number of hydrogen-bond donors (Lipinski definition) is 1. The molecule has 2 aromatic rings. The molecule has 1 heterocycles. The predicted octanol–water partition coefficient (Wildman–Crippen LogP) is 3.06. The topological polar surface area (TPSA) is 35.2 Å². The highest BCUT2D eigenvalue weighted by Gasteiger charge is 2.17. The Morgan fingerprint density at radius 1 is 1.17 bits per heavy atom. The van der Waals surface area contributed by atoms with Crippen LogP contribution in [0.4, 0.5) is 0 Å². The molecule has 0 saturated heterocycles. The van der Waals surface area contributed by atoms with Gasteiger partial charge in [0.15, 0.2) is 0 Å². The number of benzene rings is 2. The van der Waals surface area contributed by atoms with Gasteiger partial charge in [-0.05, 0) is 35.7 Å². The summed E-state index contributed by atoms with van der Waals surface area (Å²) in [5, 5.41) is 0. The van der Waals surface area contributed by atoms with Crippen molar-refractivity contribution in [1.29, 1.82) is 0 Å². The SMILES string of the molecule is Cc1cccc(-c2cc(CN)c3c(c2)CCO3)c1. The summed E-state index contributed by atoms with van der Waals surface area (Å²) in [6.07, 6.45) is 0.988. The first-order chi connectivity index (χ1) is 8.78. The standard InChI is InChI=1S/C16H17NO/c1-11-3-2-4-12(7-11)14-8-13-5-6-18-16(13)15(9-14)10-17/h2-4,7-9H,5-6,10,17H2,1H3. The number of hydrogen-bond acceptors (Lipinski definition) is 2. The largest absolute Gasteiger partial charge is 0.493 e. The summed E-state index contributed by atoms with van der Waals surface area (Å²) in [5.74, 6) is 1.01. The van der Waals surface area contributed by atoms with Crippen molar-refractivity contribution in [2.45, 2.75) is 19.9 Å². The lowest BCUT2D eigenvalue weighted by Crippen LogP contribution is -2.00. The van der Waals surface area contributed by atoms with Crippen molar-refractivity contribution in [2.75, 3.05) is 6.61 Å². The maximum atomic E-state index is 5.82. The molecular formula is C16H17NO. The van der Waals surface area contributed by atoms with Crippen molar-refractivity contribution in [3.05, 3.63) is 53.1 Å². The first-order valence-electron chi connectivity index (χ1n) is 6.33. The zero-order valence-corrected chi connectivity index (χ0v) is 10.6. The summed E-state index contributed by atoms with van der Waals surface area (Å²) < 4.78 is 5.66. The number of aryl methyl sites for hydroxylation is 1. The molecule has 0 amide bonds. The van der Waals surface area contributed by atoms with E-state index >= 15 is 0 Å². The summed E-state index contributed by atoms with van der Waals surface area (Å²) in [5.41, 5.74) is 12.0. The molecule has 92 valence electrons. The highest BCUT2D eigenvalue weighted by molar-refractivity contribution is 5.68. The monoisotopic (exact) mass is 239 g/mol. The predicted molar refractivity (Wildman–Crippen MR) is 73.7 cm³/mol. The highest BCUT2D eigenvalue weighted by Crippen LogP contribution is 2.34. The van der Waals surface area contributed by atoms with Crippen molar-refractivity contribution in [3.8, 4) is 16.9 Å². The molecular weight excluding hydrogens is 222 g/mol. The van der Waals surface area contributed by atoms with Gasteiger partial charge in [-0.15, -0.1) is 0 Å². The Kier molecular flexibility index (Phi) is 2.80. The van der Waals surface area contributed by atoms with Crippen molar-refractivity contribution < 1.29 is 4.74 Å². The fraction of sp³-hybridized carbons (Fsp3) is 0.250. The molecule has 1 aliphatic heterocycles. The first kappa shape index (κ1) is 11.3. The molecule has 2 aromatic carbocycles. The van der Waals surface area contributed by atoms with Crippen LogP contribution >= 0.6 is 0 Å². The van der Waals surface area contributed by atoms with Crippen molar-refractivity contribution in [1.82, 2.24) is 0 Å². The minimum atomic E-state index is 0.530. The lowest BCUT2D eigenvalue weighted by atomic mass is 9.97. The molecule has 0 radical (unpaired) electrons. The van der Waals surface area contributed by atoms with Gasteiger partial charge in [0.2, 0.25) is 0 Å². The van der Waals surface area contributed by atoms with Crippen LogP contribution in [0.1, 0.15) is 16.7 Å². The highest BCUT2D eigenvalue weighted by atomic mass is 16.5. The molecule has 18 heavy (non-hydrogen) atoms. The van der Waals surface area contributed by atoms with E-state index in [9.17, 15) is 0 Å². The molecule has 0 fully saturated rings.